The third kappa shape index (κ3) is 1.76. The Hall–Kier alpha value is -1.30. The minimum absolute atomic E-state index is 0.123. The van der Waals surface area contributed by atoms with E-state index < -0.39 is 6.09 Å². The number of amides is 1. The first-order valence-corrected chi connectivity index (χ1v) is 6.32. The Kier molecular flexibility index (Phi) is 2.47. The molecule has 2 atom stereocenters. The van der Waals surface area contributed by atoms with E-state index in [4.69, 9.17) is 5.11 Å². The molecule has 17 heavy (non-hydrogen) atoms. The van der Waals surface area contributed by atoms with Gasteiger partial charge in [-0.1, -0.05) is 15.9 Å². The number of hydrogen-bond acceptors (Lipinski definition) is 3. The predicted octanol–water partition coefficient (Wildman–Crippen LogP) is 1.79. The van der Waals surface area contributed by atoms with Crippen LogP contribution in [0.5, 0.6) is 0 Å². The standard InChI is InChI=1S/C11H12BrN3O2/c12-7-1-2-13-10(3-7)14-5-9-4-8(14)6-15(9)11(16)17/h1-3,8-9H,4-6H2,(H,16,17)/t8-,9-/m0/s1. The average molecular weight is 298 g/mol. The number of likely N-dealkylation sites (tertiary alicyclic amines) is 1. The fourth-order valence-electron chi connectivity index (χ4n) is 2.73. The van der Waals surface area contributed by atoms with Gasteiger partial charge in [0.05, 0.1) is 12.1 Å². The van der Waals surface area contributed by atoms with Gasteiger partial charge in [-0.3, -0.25) is 0 Å². The van der Waals surface area contributed by atoms with Crippen LogP contribution in [0, 0.1) is 0 Å². The van der Waals surface area contributed by atoms with Crippen LogP contribution in [0.15, 0.2) is 22.8 Å². The Bertz CT molecular complexity index is 468. The van der Waals surface area contributed by atoms with E-state index in [2.05, 4.69) is 25.8 Å². The van der Waals surface area contributed by atoms with Gasteiger partial charge in [0.15, 0.2) is 0 Å². The molecule has 2 bridgehead atoms. The van der Waals surface area contributed by atoms with Gasteiger partial charge in [-0.2, -0.15) is 0 Å². The van der Waals surface area contributed by atoms with Crippen LogP contribution in [0.2, 0.25) is 0 Å². The van der Waals surface area contributed by atoms with E-state index in [0.29, 0.717) is 6.54 Å². The third-order valence-electron chi connectivity index (χ3n) is 3.49. The highest BCUT2D eigenvalue weighted by Gasteiger charge is 2.45. The summed E-state index contributed by atoms with van der Waals surface area (Å²) in [5.74, 6) is 0.928. The highest BCUT2D eigenvalue weighted by Crippen LogP contribution is 2.34. The summed E-state index contributed by atoms with van der Waals surface area (Å²) >= 11 is 3.43. The van der Waals surface area contributed by atoms with E-state index in [1.165, 1.54) is 0 Å². The van der Waals surface area contributed by atoms with Crippen molar-refractivity contribution in [2.75, 3.05) is 18.0 Å². The van der Waals surface area contributed by atoms with Crippen LogP contribution in [-0.4, -0.2) is 46.3 Å². The van der Waals surface area contributed by atoms with Crippen LogP contribution in [0.25, 0.3) is 0 Å². The maximum absolute atomic E-state index is 11.0. The molecule has 5 nitrogen and oxygen atoms in total. The number of rotatable bonds is 1. The number of carbonyl (C=O) groups is 1. The van der Waals surface area contributed by atoms with Crippen molar-refractivity contribution in [3.05, 3.63) is 22.8 Å². The number of anilines is 1. The van der Waals surface area contributed by atoms with Crippen LogP contribution < -0.4 is 4.90 Å². The zero-order chi connectivity index (χ0) is 12.0. The molecule has 0 aromatic carbocycles. The molecule has 0 unspecified atom stereocenters. The average Bonchev–Trinajstić information content (AvgIpc) is 2.87. The Balaban J connectivity index is 1.80. The van der Waals surface area contributed by atoms with Crippen molar-refractivity contribution < 1.29 is 9.90 Å². The zero-order valence-electron chi connectivity index (χ0n) is 9.08. The number of piperazine rings is 1. The van der Waals surface area contributed by atoms with E-state index in [0.717, 1.165) is 23.3 Å². The summed E-state index contributed by atoms with van der Waals surface area (Å²) < 4.78 is 1.00. The molecule has 90 valence electrons. The minimum Gasteiger partial charge on any atom is -0.465 e. The number of carboxylic acid groups (broad SMARTS) is 1. The largest absolute Gasteiger partial charge is 0.465 e. The highest BCUT2D eigenvalue weighted by molar-refractivity contribution is 9.10. The Morgan fingerprint density at radius 1 is 1.47 bits per heavy atom. The summed E-state index contributed by atoms with van der Waals surface area (Å²) in [6.07, 6.45) is 1.88. The monoisotopic (exact) mass is 297 g/mol. The molecular weight excluding hydrogens is 286 g/mol. The second kappa shape index (κ2) is 3.87. The van der Waals surface area contributed by atoms with Crippen molar-refractivity contribution in [1.29, 1.82) is 0 Å². The molecule has 6 heteroatoms. The van der Waals surface area contributed by atoms with Gasteiger partial charge in [-0.05, 0) is 18.6 Å². The number of halogens is 1. The molecule has 1 aromatic heterocycles. The summed E-state index contributed by atoms with van der Waals surface area (Å²) in [6, 6.07) is 4.27. The van der Waals surface area contributed by atoms with Gasteiger partial charge in [0.1, 0.15) is 5.82 Å². The Morgan fingerprint density at radius 3 is 2.88 bits per heavy atom. The van der Waals surface area contributed by atoms with Crippen LogP contribution in [-0.2, 0) is 0 Å². The summed E-state index contributed by atoms with van der Waals surface area (Å²) in [4.78, 5) is 19.1. The lowest BCUT2D eigenvalue weighted by Gasteiger charge is -2.33. The topological polar surface area (TPSA) is 56.7 Å². The molecule has 0 aliphatic carbocycles. The minimum atomic E-state index is -0.806. The summed E-state index contributed by atoms with van der Waals surface area (Å²) in [5, 5.41) is 9.02. The lowest BCUT2D eigenvalue weighted by Crippen LogP contribution is -2.48. The molecule has 3 rings (SSSR count). The van der Waals surface area contributed by atoms with Gasteiger partial charge in [0, 0.05) is 23.8 Å². The molecule has 1 amide bonds. The van der Waals surface area contributed by atoms with E-state index in [-0.39, 0.29) is 12.1 Å². The van der Waals surface area contributed by atoms with E-state index in [1.54, 1.807) is 11.1 Å². The van der Waals surface area contributed by atoms with Crippen LogP contribution in [0.4, 0.5) is 10.6 Å². The van der Waals surface area contributed by atoms with E-state index in [9.17, 15) is 4.79 Å². The molecule has 1 N–H and O–H groups in total. The summed E-state index contributed by atoms with van der Waals surface area (Å²) in [7, 11) is 0. The number of aromatic nitrogens is 1. The lowest BCUT2D eigenvalue weighted by molar-refractivity contribution is 0.137. The smallest absolute Gasteiger partial charge is 0.407 e. The molecule has 2 saturated heterocycles. The summed E-state index contributed by atoms with van der Waals surface area (Å²) in [6.45, 7) is 1.34. The van der Waals surface area contributed by atoms with Crippen molar-refractivity contribution in [2.24, 2.45) is 0 Å². The third-order valence-corrected chi connectivity index (χ3v) is 3.98. The Morgan fingerprint density at radius 2 is 2.29 bits per heavy atom. The van der Waals surface area contributed by atoms with Crippen LogP contribution in [0.1, 0.15) is 6.42 Å². The normalized spacial score (nSPS) is 26.6. The first kappa shape index (κ1) is 10.8. The van der Waals surface area contributed by atoms with Crippen LogP contribution >= 0.6 is 15.9 Å². The van der Waals surface area contributed by atoms with Gasteiger partial charge in [0.2, 0.25) is 0 Å². The maximum Gasteiger partial charge on any atom is 0.407 e. The fourth-order valence-corrected chi connectivity index (χ4v) is 3.06. The molecular formula is C11H12BrN3O2. The molecule has 2 aliphatic rings. The van der Waals surface area contributed by atoms with Crippen molar-refractivity contribution in [3.63, 3.8) is 0 Å². The number of nitrogens with zero attached hydrogens (tertiary/aromatic N) is 3. The second-order valence-corrected chi connectivity index (χ2v) is 5.38. The van der Waals surface area contributed by atoms with Gasteiger partial charge in [-0.25, -0.2) is 9.78 Å². The van der Waals surface area contributed by atoms with Gasteiger partial charge in [0.25, 0.3) is 0 Å². The number of hydrogen-bond donors (Lipinski definition) is 1. The highest BCUT2D eigenvalue weighted by atomic mass is 79.9. The van der Waals surface area contributed by atoms with Crippen molar-refractivity contribution in [1.82, 2.24) is 9.88 Å². The molecule has 2 aliphatic heterocycles. The van der Waals surface area contributed by atoms with Gasteiger partial charge in [-0.15, -0.1) is 0 Å². The quantitative estimate of drug-likeness (QED) is 0.858. The van der Waals surface area contributed by atoms with Crippen LogP contribution in [0.3, 0.4) is 0 Å². The zero-order valence-corrected chi connectivity index (χ0v) is 10.7. The van der Waals surface area contributed by atoms with Gasteiger partial charge >= 0.3 is 6.09 Å². The molecule has 1 aromatic rings. The van der Waals surface area contributed by atoms with Crippen molar-refractivity contribution in [3.8, 4) is 0 Å². The maximum atomic E-state index is 11.0. The molecule has 0 radical (unpaired) electrons. The van der Waals surface area contributed by atoms with Crippen molar-refractivity contribution in [2.45, 2.75) is 18.5 Å². The Labute approximate surface area is 107 Å². The summed E-state index contributed by atoms with van der Waals surface area (Å²) in [5.41, 5.74) is 0. The lowest BCUT2D eigenvalue weighted by atomic mass is 10.2. The molecule has 2 fully saturated rings. The number of pyridine rings is 1. The predicted molar refractivity (Wildman–Crippen MR) is 66.2 cm³/mol. The van der Waals surface area contributed by atoms with Gasteiger partial charge < -0.3 is 14.9 Å². The fraction of sp³-hybridized carbons (Fsp3) is 0.455. The first-order chi connectivity index (χ1) is 8.15. The van der Waals surface area contributed by atoms with Crippen molar-refractivity contribution >= 4 is 27.8 Å². The molecule has 3 heterocycles. The molecule has 0 saturated carbocycles. The van der Waals surface area contributed by atoms with E-state index >= 15 is 0 Å². The second-order valence-electron chi connectivity index (χ2n) is 4.46. The SMILES string of the molecule is O=C(O)N1C[C@@H]2C[C@H]1CN2c1cc(Br)ccn1. The molecule has 0 spiro atoms. The number of fused-ring (bicyclic) bond motifs is 2. The van der Waals surface area contributed by atoms with E-state index in [1.807, 2.05) is 12.1 Å². The first-order valence-electron chi connectivity index (χ1n) is 5.53.